The number of halogens is 1. The third kappa shape index (κ3) is 6.26. The lowest BCUT2D eigenvalue weighted by molar-refractivity contribution is 0.216. The van der Waals surface area contributed by atoms with Crippen LogP contribution in [-0.2, 0) is 6.42 Å². The van der Waals surface area contributed by atoms with Crippen LogP contribution in [0.25, 0.3) is 0 Å². The molecule has 0 aliphatic rings. The van der Waals surface area contributed by atoms with Gasteiger partial charge < -0.3 is 10.4 Å². The zero-order valence-electron chi connectivity index (χ0n) is 15.5. The number of aliphatic hydroxyl groups excluding tert-OH is 1. The first kappa shape index (κ1) is 19.6. The Morgan fingerprint density at radius 3 is 2.32 bits per heavy atom. The molecule has 0 bridgehead atoms. The SMILES string of the molecule is Cc1ccccc1C(CC(C)C)NCC(CO)Cc1ccc(F)cc1. The summed E-state index contributed by atoms with van der Waals surface area (Å²) in [6.45, 7) is 7.46. The maximum atomic E-state index is 13.0. The number of benzene rings is 2. The average molecular weight is 343 g/mol. The maximum Gasteiger partial charge on any atom is 0.123 e. The van der Waals surface area contributed by atoms with Crippen LogP contribution in [-0.4, -0.2) is 18.3 Å². The molecule has 0 heterocycles. The summed E-state index contributed by atoms with van der Waals surface area (Å²) in [5.74, 6) is 0.477. The molecule has 0 fully saturated rings. The van der Waals surface area contributed by atoms with E-state index in [1.165, 1.54) is 23.3 Å². The van der Waals surface area contributed by atoms with Gasteiger partial charge in [0, 0.05) is 19.2 Å². The summed E-state index contributed by atoms with van der Waals surface area (Å²) in [6, 6.07) is 15.3. The summed E-state index contributed by atoms with van der Waals surface area (Å²) in [6.07, 6.45) is 1.80. The van der Waals surface area contributed by atoms with E-state index in [0.717, 1.165) is 24.9 Å². The third-order valence-corrected chi connectivity index (χ3v) is 4.62. The highest BCUT2D eigenvalue weighted by Crippen LogP contribution is 2.24. The minimum absolute atomic E-state index is 0.115. The van der Waals surface area contributed by atoms with Crippen molar-refractivity contribution in [1.29, 1.82) is 0 Å². The summed E-state index contributed by atoms with van der Waals surface area (Å²) < 4.78 is 13.0. The van der Waals surface area contributed by atoms with Gasteiger partial charge in [-0.3, -0.25) is 0 Å². The van der Waals surface area contributed by atoms with Crippen LogP contribution in [0.1, 0.15) is 43.0 Å². The summed E-state index contributed by atoms with van der Waals surface area (Å²) >= 11 is 0. The first-order valence-electron chi connectivity index (χ1n) is 9.13. The molecular weight excluding hydrogens is 313 g/mol. The predicted octanol–water partition coefficient (Wildman–Crippen LogP) is 4.66. The van der Waals surface area contributed by atoms with Crippen molar-refractivity contribution in [2.24, 2.45) is 11.8 Å². The molecule has 136 valence electrons. The molecule has 0 aromatic heterocycles. The van der Waals surface area contributed by atoms with Crippen LogP contribution in [0.5, 0.6) is 0 Å². The number of nitrogens with one attached hydrogen (secondary N) is 1. The van der Waals surface area contributed by atoms with Crippen molar-refractivity contribution in [2.75, 3.05) is 13.2 Å². The Labute approximate surface area is 151 Å². The molecule has 0 spiro atoms. The quantitative estimate of drug-likeness (QED) is 0.694. The van der Waals surface area contributed by atoms with Gasteiger partial charge in [-0.15, -0.1) is 0 Å². The van der Waals surface area contributed by atoms with Gasteiger partial charge in [-0.2, -0.15) is 0 Å². The molecule has 0 amide bonds. The van der Waals surface area contributed by atoms with Crippen LogP contribution < -0.4 is 5.32 Å². The summed E-state index contributed by atoms with van der Waals surface area (Å²) in [5, 5.41) is 13.4. The van der Waals surface area contributed by atoms with Crippen LogP contribution in [0, 0.1) is 24.6 Å². The fraction of sp³-hybridized carbons (Fsp3) is 0.455. The average Bonchev–Trinajstić information content (AvgIpc) is 2.59. The van der Waals surface area contributed by atoms with Crippen LogP contribution >= 0.6 is 0 Å². The molecule has 2 atom stereocenters. The Hall–Kier alpha value is -1.71. The van der Waals surface area contributed by atoms with E-state index < -0.39 is 0 Å². The minimum atomic E-state index is -0.223. The van der Waals surface area contributed by atoms with Gasteiger partial charge in [-0.1, -0.05) is 50.2 Å². The second-order valence-corrected chi connectivity index (χ2v) is 7.33. The largest absolute Gasteiger partial charge is 0.396 e. The highest BCUT2D eigenvalue weighted by atomic mass is 19.1. The molecule has 0 aliphatic carbocycles. The predicted molar refractivity (Wildman–Crippen MR) is 102 cm³/mol. The van der Waals surface area contributed by atoms with Crippen LogP contribution in [0.4, 0.5) is 4.39 Å². The molecule has 0 aliphatic heterocycles. The second kappa shape index (κ2) is 9.69. The van der Waals surface area contributed by atoms with E-state index in [2.05, 4.69) is 50.4 Å². The summed E-state index contributed by atoms with van der Waals surface area (Å²) in [7, 11) is 0. The fourth-order valence-electron chi connectivity index (χ4n) is 3.23. The number of hydrogen-bond donors (Lipinski definition) is 2. The van der Waals surface area contributed by atoms with E-state index in [1.807, 2.05) is 0 Å². The zero-order valence-corrected chi connectivity index (χ0v) is 15.5. The number of aliphatic hydroxyl groups is 1. The van der Waals surface area contributed by atoms with E-state index >= 15 is 0 Å². The van der Waals surface area contributed by atoms with Crippen molar-refractivity contribution in [3.05, 3.63) is 71.0 Å². The van der Waals surface area contributed by atoms with Crippen molar-refractivity contribution in [3.8, 4) is 0 Å². The molecular formula is C22H30FNO. The molecule has 25 heavy (non-hydrogen) atoms. The van der Waals surface area contributed by atoms with Gasteiger partial charge in [-0.25, -0.2) is 4.39 Å². The number of hydrogen-bond acceptors (Lipinski definition) is 2. The summed E-state index contributed by atoms with van der Waals surface area (Å²) in [4.78, 5) is 0. The number of aryl methyl sites for hydroxylation is 1. The van der Waals surface area contributed by atoms with Gasteiger partial charge in [0.25, 0.3) is 0 Å². The second-order valence-electron chi connectivity index (χ2n) is 7.33. The van der Waals surface area contributed by atoms with Crippen LogP contribution in [0.15, 0.2) is 48.5 Å². The smallest absolute Gasteiger partial charge is 0.123 e. The topological polar surface area (TPSA) is 32.3 Å². The standard InChI is InChI=1S/C22H30FNO/c1-16(2)12-22(21-7-5-4-6-17(21)3)24-14-19(15-25)13-18-8-10-20(23)11-9-18/h4-11,16,19,22,24-25H,12-15H2,1-3H3. The highest BCUT2D eigenvalue weighted by molar-refractivity contribution is 5.28. The molecule has 0 radical (unpaired) electrons. The third-order valence-electron chi connectivity index (χ3n) is 4.62. The van der Waals surface area contributed by atoms with Gasteiger partial charge in [0.1, 0.15) is 5.82 Å². The molecule has 2 N–H and O–H groups in total. The first-order chi connectivity index (χ1) is 12.0. The van der Waals surface area contributed by atoms with E-state index in [-0.39, 0.29) is 24.4 Å². The summed E-state index contributed by atoms with van der Waals surface area (Å²) in [5.41, 5.74) is 3.67. The Balaban J connectivity index is 2.02. The van der Waals surface area contributed by atoms with Gasteiger partial charge in [-0.05, 0) is 60.4 Å². The Morgan fingerprint density at radius 1 is 1.04 bits per heavy atom. The molecule has 2 aromatic carbocycles. The zero-order chi connectivity index (χ0) is 18.2. The Kier molecular flexibility index (Phi) is 7.60. The molecule has 2 unspecified atom stereocenters. The lowest BCUT2D eigenvalue weighted by atomic mass is 9.92. The monoisotopic (exact) mass is 343 g/mol. The van der Waals surface area contributed by atoms with Crippen LogP contribution in [0.3, 0.4) is 0 Å². The van der Waals surface area contributed by atoms with Gasteiger partial charge in [0.2, 0.25) is 0 Å². The number of rotatable bonds is 9. The molecule has 3 heteroatoms. The first-order valence-corrected chi connectivity index (χ1v) is 9.13. The van der Waals surface area contributed by atoms with Gasteiger partial charge in [0.15, 0.2) is 0 Å². The maximum absolute atomic E-state index is 13.0. The minimum Gasteiger partial charge on any atom is -0.396 e. The van der Waals surface area contributed by atoms with Gasteiger partial charge >= 0.3 is 0 Å². The van der Waals surface area contributed by atoms with Crippen molar-refractivity contribution >= 4 is 0 Å². The van der Waals surface area contributed by atoms with Crippen LogP contribution in [0.2, 0.25) is 0 Å². The molecule has 2 aromatic rings. The normalized spacial score (nSPS) is 13.8. The molecule has 0 saturated heterocycles. The van der Waals surface area contributed by atoms with Gasteiger partial charge in [0.05, 0.1) is 0 Å². The molecule has 0 saturated carbocycles. The fourth-order valence-corrected chi connectivity index (χ4v) is 3.23. The van der Waals surface area contributed by atoms with Crippen molar-refractivity contribution < 1.29 is 9.50 Å². The van der Waals surface area contributed by atoms with Crippen molar-refractivity contribution in [1.82, 2.24) is 5.32 Å². The lowest BCUT2D eigenvalue weighted by Crippen LogP contribution is -2.31. The van der Waals surface area contributed by atoms with E-state index in [9.17, 15) is 9.50 Å². The van der Waals surface area contributed by atoms with E-state index in [0.29, 0.717) is 5.92 Å². The Bertz CT molecular complexity index is 639. The highest BCUT2D eigenvalue weighted by Gasteiger charge is 2.17. The molecule has 2 rings (SSSR count). The Morgan fingerprint density at radius 2 is 1.72 bits per heavy atom. The van der Waals surface area contributed by atoms with Crippen molar-refractivity contribution in [2.45, 2.75) is 39.7 Å². The van der Waals surface area contributed by atoms with E-state index in [4.69, 9.17) is 0 Å². The van der Waals surface area contributed by atoms with Crippen molar-refractivity contribution in [3.63, 3.8) is 0 Å². The van der Waals surface area contributed by atoms with E-state index in [1.54, 1.807) is 12.1 Å². The lowest BCUT2D eigenvalue weighted by Gasteiger charge is -2.25. The molecule has 2 nitrogen and oxygen atoms in total.